The smallest absolute Gasteiger partial charge is 0.229 e. The third-order valence-electron chi connectivity index (χ3n) is 9.40. The van der Waals surface area contributed by atoms with E-state index in [4.69, 9.17) is 4.12 Å². The van der Waals surface area contributed by atoms with E-state index in [9.17, 15) is 0 Å². The van der Waals surface area contributed by atoms with Crippen LogP contribution in [0.2, 0.25) is 0 Å². The zero-order valence-corrected chi connectivity index (χ0v) is 30.5. The molecule has 0 N–H and O–H groups in total. The van der Waals surface area contributed by atoms with Crippen molar-refractivity contribution in [3.05, 3.63) is 117 Å². The molecule has 0 saturated heterocycles. The van der Waals surface area contributed by atoms with Gasteiger partial charge in [0.2, 0.25) is 18.1 Å². The summed E-state index contributed by atoms with van der Waals surface area (Å²) in [7, 11) is -4.19. The summed E-state index contributed by atoms with van der Waals surface area (Å²) in [6, 6.07) is 29.0. The number of hydrogen-bond donors (Lipinski definition) is 0. The summed E-state index contributed by atoms with van der Waals surface area (Å²) < 4.78 is 8.04. The molecular formula is C40H54OSi2. The molecule has 43 heavy (non-hydrogen) atoms. The van der Waals surface area contributed by atoms with Crippen LogP contribution in [0.1, 0.15) is 99.9 Å². The standard InChI is InChI=1S/C40H54OSi2/c1-9-29-17-21-33(13-5)37(25-29)42(38-26-30(10-2)18-22-34(38)14-6)41-43(39-27-31(11-3)19-23-35(39)15-7)40-28-32(12-4)20-24-36(40)16-8/h17-28,42-43H,9-16H2,1-8H3. The van der Waals surface area contributed by atoms with Crippen LogP contribution in [0, 0.1) is 0 Å². The van der Waals surface area contributed by atoms with Crippen LogP contribution in [0.5, 0.6) is 0 Å². The summed E-state index contributed by atoms with van der Waals surface area (Å²) in [6.45, 7) is 18.4. The van der Waals surface area contributed by atoms with Crippen molar-refractivity contribution < 1.29 is 4.12 Å². The molecule has 1 nitrogen and oxygen atoms in total. The molecule has 0 aromatic heterocycles. The molecule has 0 spiro atoms. The highest BCUT2D eigenvalue weighted by Gasteiger charge is 2.32. The highest BCUT2D eigenvalue weighted by atomic mass is 28.4. The van der Waals surface area contributed by atoms with Gasteiger partial charge in [-0.15, -0.1) is 0 Å². The van der Waals surface area contributed by atoms with Gasteiger partial charge in [-0.2, -0.15) is 0 Å². The van der Waals surface area contributed by atoms with Crippen molar-refractivity contribution in [1.29, 1.82) is 0 Å². The predicted octanol–water partition coefficient (Wildman–Crippen LogP) is 6.58. The lowest BCUT2D eigenvalue weighted by molar-refractivity contribution is 0.631. The van der Waals surface area contributed by atoms with Gasteiger partial charge in [0.15, 0.2) is 0 Å². The molecule has 0 aliphatic rings. The Kier molecular flexibility index (Phi) is 12.2. The van der Waals surface area contributed by atoms with Gasteiger partial charge in [0.05, 0.1) is 0 Å². The number of benzene rings is 4. The van der Waals surface area contributed by atoms with Gasteiger partial charge in [0, 0.05) is 0 Å². The Morgan fingerprint density at radius 3 is 0.767 bits per heavy atom. The lowest BCUT2D eigenvalue weighted by Gasteiger charge is -2.31. The van der Waals surface area contributed by atoms with Crippen molar-refractivity contribution in [3.63, 3.8) is 0 Å². The van der Waals surface area contributed by atoms with Gasteiger partial charge in [0.25, 0.3) is 0 Å². The molecule has 0 amide bonds. The topological polar surface area (TPSA) is 9.23 Å². The maximum atomic E-state index is 8.04. The largest absolute Gasteiger partial charge is 0.446 e. The van der Waals surface area contributed by atoms with Crippen LogP contribution in [0.4, 0.5) is 0 Å². The van der Waals surface area contributed by atoms with Gasteiger partial charge < -0.3 is 4.12 Å². The third-order valence-corrected chi connectivity index (χ3v) is 16.0. The lowest BCUT2D eigenvalue weighted by Crippen LogP contribution is -2.58. The molecule has 4 aromatic rings. The first-order valence-corrected chi connectivity index (χ1v) is 20.3. The molecule has 0 radical (unpaired) electrons. The van der Waals surface area contributed by atoms with Crippen molar-refractivity contribution in [2.45, 2.75) is 107 Å². The Hall–Kier alpha value is -2.73. The molecule has 0 heterocycles. The molecule has 0 saturated carbocycles. The van der Waals surface area contributed by atoms with Crippen molar-refractivity contribution in [2.75, 3.05) is 0 Å². The van der Waals surface area contributed by atoms with Gasteiger partial charge in [0.1, 0.15) is 0 Å². The molecular weight excluding hydrogens is 553 g/mol. The molecule has 3 heteroatoms. The van der Waals surface area contributed by atoms with Gasteiger partial charge >= 0.3 is 0 Å². The minimum absolute atomic E-state index is 1.03. The molecule has 0 bridgehead atoms. The molecule has 0 aliphatic heterocycles. The Morgan fingerprint density at radius 2 is 0.581 bits per heavy atom. The molecule has 228 valence electrons. The Labute approximate surface area is 266 Å². The van der Waals surface area contributed by atoms with E-state index in [1.807, 2.05) is 0 Å². The van der Waals surface area contributed by atoms with Crippen LogP contribution in [-0.2, 0) is 55.5 Å². The summed E-state index contributed by atoms with van der Waals surface area (Å²) in [5.74, 6) is 0. The van der Waals surface area contributed by atoms with E-state index >= 15 is 0 Å². The van der Waals surface area contributed by atoms with E-state index in [0.717, 1.165) is 51.4 Å². The summed E-state index contributed by atoms with van der Waals surface area (Å²) in [6.07, 6.45) is 8.32. The average Bonchev–Trinajstić information content (AvgIpc) is 3.07. The van der Waals surface area contributed by atoms with Crippen LogP contribution < -0.4 is 20.7 Å². The van der Waals surface area contributed by atoms with Crippen LogP contribution >= 0.6 is 0 Å². The maximum Gasteiger partial charge on any atom is 0.229 e. The summed E-state index contributed by atoms with van der Waals surface area (Å²) in [4.78, 5) is 0. The fourth-order valence-electron chi connectivity index (χ4n) is 6.49. The van der Waals surface area contributed by atoms with E-state index in [0.29, 0.717) is 0 Å². The predicted molar refractivity (Wildman–Crippen MR) is 195 cm³/mol. The van der Waals surface area contributed by atoms with Gasteiger partial charge in [-0.1, -0.05) is 128 Å². The van der Waals surface area contributed by atoms with Crippen molar-refractivity contribution >= 4 is 38.8 Å². The van der Waals surface area contributed by atoms with E-state index < -0.39 is 18.1 Å². The molecule has 4 aromatic carbocycles. The summed E-state index contributed by atoms with van der Waals surface area (Å²) in [5.41, 5.74) is 11.5. The quantitative estimate of drug-likeness (QED) is 0.147. The van der Waals surface area contributed by atoms with Crippen molar-refractivity contribution in [1.82, 2.24) is 0 Å². The number of aryl methyl sites for hydroxylation is 8. The van der Waals surface area contributed by atoms with Gasteiger partial charge in [-0.25, -0.2) is 0 Å². The summed E-state index contributed by atoms with van der Waals surface area (Å²) >= 11 is 0. The van der Waals surface area contributed by atoms with Crippen LogP contribution in [0.15, 0.2) is 72.8 Å². The Morgan fingerprint density at radius 1 is 0.349 bits per heavy atom. The first-order valence-electron chi connectivity index (χ1n) is 17.1. The SMILES string of the molecule is CCc1ccc(CC)c([SiH](O[SiH](c2cc(CC)ccc2CC)c2cc(CC)ccc2CC)c2cc(CC)ccc2CC)c1. The molecule has 4 rings (SSSR count). The zero-order chi connectivity index (χ0) is 30.9. The fourth-order valence-corrected chi connectivity index (χ4v) is 14.6. The second kappa shape index (κ2) is 15.8. The number of rotatable bonds is 14. The van der Waals surface area contributed by atoms with Crippen molar-refractivity contribution in [2.24, 2.45) is 0 Å². The highest BCUT2D eigenvalue weighted by molar-refractivity contribution is 6.92. The summed E-state index contributed by atoms with van der Waals surface area (Å²) in [5, 5.41) is 5.99. The van der Waals surface area contributed by atoms with E-state index in [-0.39, 0.29) is 0 Å². The minimum atomic E-state index is -2.10. The van der Waals surface area contributed by atoms with E-state index in [1.54, 1.807) is 0 Å². The van der Waals surface area contributed by atoms with Gasteiger partial charge in [-0.05, 0) is 117 Å². The van der Waals surface area contributed by atoms with E-state index in [1.165, 1.54) is 65.3 Å². The van der Waals surface area contributed by atoms with Crippen LogP contribution in [0.25, 0.3) is 0 Å². The molecule has 0 aliphatic carbocycles. The Balaban J connectivity index is 2.07. The van der Waals surface area contributed by atoms with Crippen LogP contribution in [0.3, 0.4) is 0 Å². The lowest BCUT2D eigenvalue weighted by atomic mass is 10.1. The second-order valence-electron chi connectivity index (χ2n) is 11.9. The normalized spacial score (nSPS) is 11.6. The first kappa shape index (κ1) is 33.2. The third kappa shape index (κ3) is 7.50. The zero-order valence-electron chi connectivity index (χ0n) is 28.1. The fraction of sp³-hybridized carbons (Fsp3) is 0.400. The Bertz CT molecular complexity index is 1280. The maximum absolute atomic E-state index is 8.04. The molecule has 0 unspecified atom stereocenters. The highest BCUT2D eigenvalue weighted by Crippen LogP contribution is 2.16. The first-order chi connectivity index (χ1) is 20.9. The molecule has 0 atom stereocenters. The number of hydrogen-bond acceptors (Lipinski definition) is 1. The monoisotopic (exact) mass is 606 g/mol. The van der Waals surface area contributed by atoms with Crippen LogP contribution in [-0.4, -0.2) is 18.1 Å². The minimum Gasteiger partial charge on any atom is -0.446 e. The van der Waals surface area contributed by atoms with E-state index in [2.05, 4.69) is 128 Å². The van der Waals surface area contributed by atoms with Crippen molar-refractivity contribution in [3.8, 4) is 0 Å². The second-order valence-corrected chi connectivity index (χ2v) is 17.0. The average molecular weight is 607 g/mol. The van der Waals surface area contributed by atoms with Gasteiger partial charge in [-0.3, -0.25) is 0 Å². The molecule has 0 fully saturated rings.